The predicted molar refractivity (Wildman–Crippen MR) is 96.0 cm³/mol. The molecule has 0 spiro atoms. The molecule has 2 aromatic carbocycles. The van der Waals surface area contributed by atoms with Crippen LogP contribution in [-0.2, 0) is 16.1 Å². The number of aliphatic hydroxyl groups is 1. The minimum absolute atomic E-state index is 0.178. The zero-order valence-electron chi connectivity index (χ0n) is 13.8. The van der Waals surface area contributed by atoms with Crippen LogP contribution in [0.1, 0.15) is 17.2 Å². The number of ether oxygens (including phenoxy) is 1. The van der Waals surface area contributed by atoms with E-state index in [2.05, 4.69) is 23.3 Å². The molecule has 2 atom stereocenters. The van der Waals surface area contributed by atoms with Crippen molar-refractivity contribution in [2.75, 3.05) is 6.61 Å². The van der Waals surface area contributed by atoms with Crippen LogP contribution in [0.2, 0.25) is 0 Å². The average Bonchev–Trinajstić information content (AvgIpc) is 3.17. The number of hydrogen-bond acceptors (Lipinski definition) is 3. The van der Waals surface area contributed by atoms with Crippen LogP contribution in [-0.4, -0.2) is 22.2 Å². The third-order valence-electron chi connectivity index (χ3n) is 4.82. The third-order valence-corrected chi connectivity index (χ3v) is 4.82. The van der Waals surface area contributed by atoms with E-state index >= 15 is 0 Å². The van der Waals surface area contributed by atoms with Crippen LogP contribution >= 0.6 is 0 Å². The lowest BCUT2D eigenvalue weighted by Gasteiger charge is -2.15. The molecule has 0 radical (unpaired) electrons. The van der Waals surface area contributed by atoms with Crippen molar-refractivity contribution < 1.29 is 14.6 Å². The van der Waals surface area contributed by atoms with E-state index in [1.807, 2.05) is 48.7 Å². The van der Waals surface area contributed by atoms with Gasteiger partial charge in [0, 0.05) is 34.8 Å². The van der Waals surface area contributed by atoms with Gasteiger partial charge in [-0.15, -0.1) is 0 Å². The van der Waals surface area contributed by atoms with Crippen molar-refractivity contribution in [1.29, 1.82) is 0 Å². The summed E-state index contributed by atoms with van der Waals surface area (Å²) in [6.45, 7) is 4.67. The van der Waals surface area contributed by atoms with Crippen LogP contribution in [0.25, 0.3) is 10.9 Å². The molecule has 1 saturated heterocycles. The Morgan fingerprint density at radius 1 is 1.16 bits per heavy atom. The molecule has 1 aliphatic rings. The van der Waals surface area contributed by atoms with E-state index in [0.717, 1.165) is 23.0 Å². The van der Waals surface area contributed by atoms with Crippen LogP contribution < -0.4 is 0 Å². The number of hydrogen-bond donors (Lipinski definition) is 1. The molecule has 0 saturated carbocycles. The van der Waals surface area contributed by atoms with Gasteiger partial charge >= 0.3 is 5.97 Å². The van der Waals surface area contributed by atoms with Gasteiger partial charge in [-0.1, -0.05) is 55.1 Å². The van der Waals surface area contributed by atoms with Gasteiger partial charge in [-0.25, -0.2) is 4.79 Å². The summed E-state index contributed by atoms with van der Waals surface area (Å²) in [5, 5.41) is 11.9. The second-order valence-corrected chi connectivity index (χ2v) is 6.39. The van der Waals surface area contributed by atoms with Crippen LogP contribution in [0.3, 0.4) is 0 Å². The van der Waals surface area contributed by atoms with E-state index in [9.17, 15) is 9.90 Å². The Labute approximate surface area is 146 Å². The Hall–Kier alpha value is -2.85. The van der Waals surface area contributed by atoms with Crippen molar-refractivity contribution in [2.24, 2.45) is 5.92 Å². The van der Waals surface area contributed by atoms with E-state index in [1.165, 1.54) is 5.56 Å². The highest BCUT2D eigenvalue weighted by atomic mass is 16.5. The number of para-hydroxylation sites is 1. The van der Waals surface area contributed by atoms with Gasteiger partial charge in [0.15, 0.2) is 0 Å². The maximum Gasteiger partial charge on any atom is 0.333 e. The number of aliphatic hydroxyl groups excluding tert-OH is 1. The Bertz CT molecular complexity index is 942. The Balaban J connectivity index is 1.75. The fraction of sp³-hybridized carbons (Fsp3) is 0.190. The highest BCUT2D eigenvalue weighted by molar-refractivity contribution is 5.91. The first-order valence-electron chi connectivity index (χ1n) is 8.31. The molecule has 0 amide bonds. The molecule has 1 fully saturated rings. The molecule has 0 bridgehead atoms. The van der Waals surface area contributed by atoms with Gasteiger partial charge in [-0.3, -0.25) is 0 Å². The number of carbonyl (C=O) groups excluding carboxylic acids is 1. The van der Waals surface area contributed by atoms with Crippen molar-refractivity contribution in [3.05, 3.63) is 84.1 Å². The van der Waals surface area contributed by atoms with Gasteiger partial charge in [-0.05, 0) is 11.6 Å². The summed E-state index contributed by atoms with van der Waals surface area (Å²) in [6.07, 6.45) is 1.15. The van der Waals surface area contributed by atoms with Crippen molar-refractivity contribution in [2.45, 2.75) is 12.6 Å². The molecule has 2 heterocycles. The van der Waals surface area contributed by atoms with Gasteiger partial charge in [0.1, 0.15) is 6.61 Å². The fourth-order valence-electron chi connectivity index (χ4n) is 3.43. The number of fused-ring (bicyclic) bond motifs is 1. The van der Waals surface area contributed by atoms with Crippen molar-refractivity contribution in [1.82, 2.24) is 4.57 Å². The fourth-order valence-corrected chi connectivity index (χ4v) is 3.43. The molecule has 4 nitrogen and oxygen atoms in total. The summed E-state index contributed by atoms with van der Waals surface area (Å²) < 4.78 is 7.16. The van der Waals surface area contributed by atoms with Gasteiger partial charge in [0.2, 0.25) is 0 Å². The summed E-state index contributed by atoms with van der Waals surface area (Å²) in [5.74, 6) is -0.819. The zero-order chi connectivity index (χ0) is 17.4. The van der Waals surface area contributed by atoms with Crippen molar-refractivity contribution in [3.63, 3.8) is 0 Å². The number of aromatic nitrogens is 1. The molecule has 3 aromatic rings. The summed E-state index contributed by atoms with van der Waals surface area (Å²) in [6, 6.07) is 18.2. The normalized spacial score (nSPS) is 18.5. The van der Waals surface area contributed by atoms with E-state index in [4.69, 9.17) is 4.74 Å². The Morgan fingerprint density at radius 2 is 1.88 bits per heavy atom. The monoisotopic (exact) mass is 333 g/mol. The summed E-state index contributed by atoms with van der Waals surface area (Å²) in [5.41, 5.74) is 3.38. The van der Waals surface area contributed by atoms with Crippen molar-refractivity contribution in [3.8, 4) is 0 Å². The van der Waals surface area contributed by atoms with E-state index < -0.39 is 18.0 Å². The van der Waals surface area contributed by atoms with Gasteiger partial charge in [0.05, 0.1) is 12.0 Å². The lowest BCUT2D eigenvalue weighted by atomic mass is 9.92. The maximum absolute atomic E-state index is 11.6. The molecular formula is C21H19NO3. The standard InChI is InChI=1S/C21H19NO3/c1-14-18(13-25-21(14)24)20(23)17-12-22(11-15-7-3-2-4-8-15)19-10-6-5-9-16(17)19/h2-10,12,18,20,23H,1,11,13H2. The highest BCUT2D eigenvalue weighted by Crippen LogP contribution is 2.36. The average molecular weight is 333 g/mol. The minimum atomic E-state index is -0.819. The van der Waals surface area contributed by atoms with E-state index in [1.54, 1.807) is 0 Å². The first-order valence-corrected chi connectivity index (χ1v) is 8.31. The van der Waals surface area contributed by atoms with E-state index in [-0.39, 0.29) is 6.61 Å². The molecule has 1 aliphatic heterocycles. The Kier molecular flexibility index (Phi) is 3.90. The molecule has 1 N–H and O–H groups in total. The molecule has 4 rings (SSSR count). The molecule has 1 aromatic heterocycles. The second-order valence-electron chi connectivity index (χ2n) is 6.39. The number of carbonyl (C=O) groups is 1. The number of rotatable bonds is 4. The van der Waals surface area contributed by atoms with Crippen LogP contribution in [0.4, 0.5) is 0 Å². The first kappa shape index (κ1) is 15.7. The number of benzene rings is 2. The van der Waals surface area contributed by atoms with Gasteiger partial charge in [-0.2, -0.15) is 0 Å². The number of esters is 1. The minimum Gasteiger partial charge on any atom is -0.462 e. The topological polar surface area (TPSA) is 51.5 Å². The third kappa shape index (κ3) is 2.75. The quantitative estimate of drug-likeness (QED) is 0.588. The molecular weight excluding hydrogens is 314 g/mol. The maximum atomic E-state index is 11.6. The van der Waals surface area contributed by atoms with Crippen molar-refractivity contribution >= 4 is 16.9 Å². The predicted octanol–water partition coefficient (Wildman–Crippen LogP) is 3.45. The molecule has 4 heteroatoms. The lowest BCUT2D eigenvalue weighted by Crippen LogP contribution is -2.14. The molecule has 0 aliphatic carbocycles. The second kappa shape index (κ2) is 6.22. The molecule has 25 heavy (non-hydrogen) atoms. The SMILES string of the molecule is C=C1C(=O)OCC1C(O)c1cn(Cc2ccccc2)c2ccccc12. The molecule has 126 valence electrons. The van der Waals surface area contributed by atoms with Crippen LogP contribution in [0.5, 0.6) is 0 Å². The summed E-state index contributed by atoms with van der Waals surface area (Å²) in [7, 11) is 0. The smallest absolute Gasteiger partial charge is 0.333 e. The summed E-state index contributed by atoms with van der Waals surface area (Å²) in [4.78, 5) is 11.6. The number of nitrogens with zero attached hydrogens (tertiary/aromatic N) is 1. The van der Waals surface area contributed by atoms with Crippen LogP contribution in [0.15, 0.2) is 72.9 Å². The van der Waals surface area contributed by atoms with Gasteiger partial charge in [0.25, 0.3) is 0 Å². The Morgan fingerprint density at radius 3 is 2.60 bits per heavy atom. The first-order chi connectivity index (χ1) is 12.1. The zero-order valence-corrected chi connectivity index (χ0v) is 13.8. The lowest BCUT2D eigenvalue weighted by molar-refractivity contribution is -0.135. The van der Waals surface area contributed by atoms with Crippen LogP contribution in [0, 0.1) is 5.92 Å². The largest absolute Gasteiger partial charge is 0.462 e. The number of cyclic esters (lactones) is 1. The van der Waals surface area contributed by atoms with Gasteiger partial charge < -0.3 is 14.4 Å². The molecule has 2 unspecified atom stereocenters. The summed E-state index contributed by atoms with van der Waals surface area (Å²) >= 11 is 0. The van der Waals surface area contributed by atoms with E-state index in [0.29, 0.717) is 5.57 Å². The highest BCUT2D eigenvalue weighted by Gasteiger charge is 2.36.